The highest BCUT2D eigenvalue weighted by Gasteiger charge is 2.38. The van der Waals surface area contributed by atoms with Gasteiger partial charge in [0.1, 0.15) is 23.0 Å². The lowest BCUT2D eigenvalue weighted by atomic mass is 9.90. The first-order chi connectivity index (χ1) is 23.2. The maximum Gasteiger partial charge on any atom is 0.276 e. The Morgan fingerprint density at radius 2 is 1.92 bits per heavy atom. The molecule has 4 aromatic heterocycles. The zero-order chi connectivity index (χ0) is 33.2. The SMILES string of the molecule is C[C@H]1CN(C2COC2)CCN1c1ccc(Nc2cc(-c3ccnc(N4CCn5c(cc6c5CC(C)(C)C6)C4=O)c3CO)c[nH]c2=O)nc1. The molecule has 3 aliphatic heterocycles. The predicted molar refractivity (Wildman–Crippen MR) is 184 cm³/mol. The average Bonchev–Trinajstić information content (AvgIpc) is 3.54. The minimum absolute atomic E-state index is 0.115. The van der Waals surface area contributed by atoms with Gasteiger partial charge in [-0.05, 0) is 66.6 Å². The number of aliphatic hydroxyl groups excluding tert-OH is 1. The molecule has 7 heterocycles. The van der Waals surface area contributed by atoms with Crippen LogP contribution in [-0.4, -0.2) is 86.9 Å². The molecule has 1 aliphatic carbocycles. The molecule has 0 aromatic carbocycles. The number of H-pyrrole nitrogens is 1. The van der Waals surface area contributed by atoms with Gasteiger partial charge in [0.15, 0.2) is 0 Å². The Hall–Kier alpha value is -4.52. The van der Waals surface area contributed by atoms with Gasteiger partial charge in [0.05, 0.1) is 37.7 Å². The van der Waals surface area contributed by atoms with Crippen molar-refractivity contribution in [1.29, 1.82) is 0 Å². The number of ether oxygens (including phenoxy) is 1. The summed E-state index contributed by atoms with van der Waals surface area (Å²) in [4.78, 5) is 45.3. The molecule has 0 saturated carbocycles. The molecule has 1 amide bonds. The Bertz CT molecular complexity index is 1930. The number of hydrogen-bond acceptors (Lipinski definition) is 9. The van der Waals surface area contributed by atoms with Crippen LogP contribution in [0.25, 0.3) is 11.1 Å². The third-order valence-corrected chi connectivity index (χ3v) is 10.4. The number of hydrogen-bond donors (Lipinski definition) is 3. The van der Waals surface area contributed by atoms with Crippen LogP contribution < -0.4 is 20.7 Å². The Kier molecular flexibility index (Phi) is 7.61. The van der Waals surface area contributed by atoms with Gasteiger partial charge in [0.25, 0.3) is 11.5 Å². The molecule has 2 saturated heterocycles. The second kappa shape index (κ2) is 11.9. The molecule has 48 heavy (non-hydrogen) atoms. The van der Waals surface area contributed by atoms with Crippen molar-refractivity contribution in [3.05, 3.63) is 81.8 Å². The van der Waals surface area contributed by atoms with Crippen molar-refractivity contribution in [2.45, 2.75) is 58.8 Å². The van der Waals surface area contributed by atoms with Crippen LogP contribution in [-0.2, 0) is 30.7 Å². The van der Waals surface area contributed by atoms with Crippen LogP contribution in [0.5, 0.6) is 0 Å². The Balaban J connectivity index is 1.01. The summed E-state index contributed by atoms with van der Waals surface area (Å²) in [6.07, 6.45) is 7.03. The quantitative estimate of drug-likeness (QED) is 0.275. The number of carbonyl (C=O) groups is 1. The van der Waals surface area contributed by atoms with E-state index in [0.717, 1.165) is 51.4 Å². The number of aromatic nitrogens is 4. The number of aliphatic hydroxyl groups is 1. The zero-order valence-corrected chi connectivity index (χ0v) is 27.7. The normalized spacial score (nSPS) is 20.8. The molecule has 0 unspecified atom stereocenters. The standard InChI is InChI=1S/C36H42N8O4/c1-22-18-41(26-20-48-21-26)8-9-42(22)25-4-5-32(38-17-25)40-29-12-24(16-39-34(29)46)27-6-7-37-33(28(27)19-45)44-11-10-43-30(35(44)47)13-23-14-36(2,3)15-31(23)43/h4-7,12-13,16-17,22,26,45H,8-11,14-15,18-21H2,1-3H3,(H,38,40)(H,39,46)/t22-/m0/s1. The molecule has 12 nitrogen and oxygen atoms in total. The molecule has 4 aromatic rings. The fourth-order valence-corrected chi connectivity index (χ4v) is 7.89. The molecule has 8 rings (SSSR count). The summed E-state index contributed by atoms with van der Waals surface area (Å²) >= 11 is 0. The summed E-state index contributed by atoms with van der Waals surface area (Å²) in [5.74, 6) is 0.867. The van der Waals surface area contributed by atoms with Crippen molar-refractivity contribution < 1.29 is 14.6 Å². The van der Waals surface area contributed by atoms with Gasteiger partial charge < -0.3 is 29.6 Å². The van der Waals surface area contributed by atoms with Crippen LogP contribution >= 0.6 is 0 Å². The maximum absolute atomic E-state index is 13.8. The van der Waals surface area contributed by atoms with E-state index in [9.17, 15) is 14.7 Å². The van der Waals surface area contributed by atoms with E-state index < -0.39 is 0 Å². The summed E-state index contributed by atoms with van der Waals surface area (Å²) in [5, 5.41) is 13.8. The number of rotatable bonds is 7. The van der Waals surface area contributed by atoms with Crippen LogP contribution in [0.1, 0.15) is 48.1 Å². The first-order valence-corrected chi connectivity index (χ1v) is 16.9. The Morgan fingerprint density at radius 1 is 1.06 bits per heavy atom. The smallest absolute Gasteiger partial charge is 0.276 e. The minimum Gasteiger partial charge on any atom is -0.392 e. The molecular formula is C36H42N8O4. The summed E-state index contributed by atoms with van der Waals surface area (Å²) in [6.45, 7) is 12.1. The first-order valence-electron chi connectivity index (χ1n) is 16.9. The second-order valence-corrected chi connectivity index (χ2v) is 14.3. The molecule has 0 bridgehead atoms. The van der Waals surface area contributed by atoms with E-state index in [0.29, 0.717) is 64.9 Å². The van der Waals surface area contributed by atoms with E-state index in [-0.39, 0.29) is 23.5 Å². The highest BCUT2D eigenvalue weighted by molar-refractivity contribution is 6.06. The van der Waals surface area contributed by atoms with Crippen LogP contribution in [0.2, 0.25) is 0 Å². The van der Waals surface area contributed by atoms with Gasteiger partial charge in [-0.2, -0.15) is 0 Å². The third kappa shape index (κ3) is 5.37. The number of fused-ring (bicyclic) bond motifs is 3. The molecular weight excluding hydrogens is 608 g/mol. The number of pyridine rings is 3. The molecule has 0 spiro atoms. The topological polar surface area (TPSA) is 132 Å². The third-order valence-electron chi connectivity index (χ3n) is 10.4. The van der Waals surface area contributed by atoms with Gasteiger partial charge in [0, 0.05) is 68.0 Å². The number of anilines is 4. The van der Waals surface area contributed by atoms with Crippen LogP contribution in [0.3, 0.4) is 0 Å². The van der Waals surface area contributed by atoms with Gasteiger partial charge in [-0.3, -0.25) is 19.4 Å². The van der Waals surface area contributed by atoms with E-state index in [1.807, 2.05) is 24.4 Å². The maximum atomic E-state index is 13.8. The molecule has 4 aliphatic rings. The lowest BCUT2D eigenvalue weighted by molar-refractivity contribution is -0.0691. The molecule has 12 heteroatoms. The van der Waals surface area contributed by atoms with E-state index >= 15 is 0 Å². The highest BCUT2D eigenvalue weighted by Crippen LogP contribution is 2.40. The molecule has 2 fully saturated rings. The lowest BCUT2D eigenvalue weighted by Gasteiger charge is -2.46. The van der Waals surface area contributed by atoms with Crippen molar-refractivity contribution >= 4 is 28.9 Å². The number of aromatic amines is 1. The summed E-state index contributed by atoms with van der Waals surface area (Å²) in [5.41, 5.74) is 6.36. The Morgan fingerprint density at radius 3 is 2.65 bits per heavy atom. The van der Waals surface area contributed by atoms with Crippen LogP contribution in [0, 0.1) is 5.41 Å². The van der Waals surface area contributed by atoms with E-state index in [2.05, 4.69) is 55.4 Å². The van der Waals surface area contributed by atoms with Crippen LogP contribution in [0.4, 0.5) is 23.0 Å². The van der Waals surface area contributed by atoms with Gasteiger partial charge in [-0.1, -0.05) is 13.8 Å². The van der Waals surface area contributed by atoms with Gasteiger partial charge in [-0.25, -0.2) is 9.97 Å². The molecule has 3 N–H and O–H groups in total. The van der Waals surface area contributed by atoms with E-state index in [1.54, 1.807) is 29.4 Å². The fraction of sp³-hybridized carbons (Fsp3) is 0.444. The second-order valence-electron chi connectivity index (χ2n) is 14.3. The number of amides is 1. The van der Waals surface area contributed by atoms with Crippen molar-refractivity contribution in [1.82, 2.24) is 24.4 Å². The predicted octanol–water partition coefficient (Wildman–Crippen LogP) is 3.56. The van der Waals surface area contributed by atoms with E-state index in [1.165, 1.54) is 11.3 Å². The fourth-order valence-electron chi connectivity index (χ4n) is 7.89. The van der Waals surface area contributed by atoms with E-state index in [4.69, 9.17) is 4.74 Å². The molecule has 250 valence electrons. The minimum atomic E-state index is -0.319. The van der Waals surface area contributed by atoms with Crippen molar-refractivity contribution in [3.8, 4) is 11.1 Å². The van der Waals surface area contributed by atoms with Crippen molar-refractivity contribution in [2.24, 2.45) is 5.41 Å². The zero-order valence-electron chi connectivity index (χ0n) is 27.7. The van der Waals surface area contributed by atoms with Gasteiger partial charge in [0.2, 0.25) is 0 Å². The van der Waals surface area contributed by atoms with Crippen molar-refractivity contribution in [3.63, 3.8) is 0 Å². The average molecular weight is 651 g/mol. The monoisotopic (exact) mass is 650 g/mol. The van der Waals surface area contributed by atoms with Crippen LogP contribution in [0.15, 0.2) is 53.7 Å². The molecule has 0 radical (unpaired) electrons. The van der Waals surface area contributed by atoms with Gasteiger partial charge in [-0.15, -0.1) is 0 Å². The highest BCUT2D eigenvalue weighted by atomic mass is 16.5. The number of nitrogens with zero attached hydrogens (tertiary/aromatic N) is 6. The van der Waals surface area contributed by atoms with Gasteiger partial charge >= 0.3 is 0 Å². The lowest BCUT2D eigenvalue weighted by Crippen LogP contribution is -2.59. The summed E-state index contributed by atoms with van der Waals surface area (Å²) < 4.78 is 7.55. The molecule has 1 atom stereocenters. The number of piperazine rings is 1. The first kappa shape index (κ1) is 30.8. The Labute approximate surface area is 279 Å². The number of nitrogens with one attached hydrogen (secondary N) is 2. The largest absolute Gasteiger partial charge is 0.392 e. The summed E-state index contributed by atoms with van der Waals surface area (Å²) in [7, 11) is 0. The van der Waals surface area contributed by atoms with Crippen molar-refractivity contribution in [2.75, 3.05) is 54.5 Å². The number of carbonyl (C=O) groups excluding carboxylic acids is 1. The summed E-state index contributed by atoms with van der Waals surface area (Å²) in [6, 6.07) is 10.4.